The molecule has 0 saturated carbocycles. The molecule has 1 fully saturated rings. The summed E-state index contributed by atoms with van der Waals surface area (Å²) < 4.78 is 55.3. The lowest BCUT2D eigenvalue weighted by Gasteiger charge is -2.32. The van der Waals surface area contributed by atoms with Gasteiger partial charge in [-0.15, -0.1) is 0 Å². The van der Waals surface area contributed by atoms with Crippen LogP contribution in [0.4, 0.5) is 0 Å². The van der Waals surface area contributed by atoms with Crippen molar-refractivity contribution in [2.45, 2.75) is 65.5 Å². The third-order valence-corrected chi connectivity index (χ3v) is 7.26. The quantitative estimate of drug-likeness (QED) is 0.0940. The van der Waals surface area contributed by atoms with Crippen molar-refractivity contribution in [2.75, 3.05) is 158 Å². The molecule has 1 aliphatic heterocycles. The first-order chi connectivity index (χ1) is 24.1. The van der Waals surface area contributed by atoms with E-state index in [0.29, 0.717) is 132 Å². The number of ether oxygens (including phenoxy) is 10. The van der Waals surface area contributed by atoms with Crippen molar-refractivity contribution >= 4 is 5.91 Å². The van der Waals surface area contributed by atoms with Gasteiger partial charge in [0.25, 0.3) is 0 Å². The Labute approximate surface area is 303 Å². The number of amides is 1. The van der Waals surface area contributed by atoms with Crippen LogP contribution in [0.25, 0.3) is 0 Å². The smallest absolute Gasteiger partial charge is 0.223 e. The van der Waals surface area contributed by atoms with Gasteiger partial charge in [-0.2, -0.15) is 0 Å². The van der Waals surface area contributed by atoms with Gasteiger partial charge in [-0.1, -0.05) is 0 Å². The molecule has 14 heteroatoms. The van der Waals surface area contributed by atoms with Gasteiger partial charge in [0.05, 0.1) is 132 Å². The summed E-state index contributed by atoms with van der Waals surface area (Å²) in [6, 6.07) is 0. The fourth-order valence-corrected chi connectivity index (χ4v) is 4.66. The SMILES string of the molecule is CC(C)(C)NCCOCCOCCOCCOCCOCCOCCOCCOCCOCCOCCN1CCC(C(=O)NC(C)(C)C)CC1. The minimum atomic E-state index is -0.174. The van der Waals surface area contributed by atoms with Crippen molar-refractivity contribution in [3.8, 4) is 0 Å². The van der Waals surface area contributed by atoms with Crippen molar-refractivity contribution in [3.05, 3.63) is 0 Å². The van der Waals surface area contributed by atoms with Gasteiger partial charge in [-0.25, -0.2) is 0 Å². The van der Waals surface area contributed by atoms with Crippen LogP contribution in [-0.2, 0) is 52.2 Å². The Balaban J connectivity index is 1.68. The van der Waals surface area contributed by atoms with Crippen LogP contribution >= 0.6 is 0 Å². The Kier molecular flexibility index (Phi) is 29.6. The second-order valence-electron chi connectivity index (χ2n) is 14.2. The molecule has 14 nitrogen and oxygen atoms in total. The molecular weight excluding hydrogens is 650 g/mol. The van der Waals surface area contributed by atoms with E-state index in [-0.39, 0.29) is 22.9 Å². The van der Waals surface area contributed by atoms with Gasteiger partial charge in [0, 0.05) is 30.1 Å². The molecule has 0 aromatic carbocycles. The summed E-state index contributed by atoms with van der Waals surface area (Å²) in [6.07, 6.45) is 1.81. The topological polar surface area (TPSA) is 137 Å². The standard InChI is InChI=1S/C36H73N3O11/c1-35(2,3)37-9-13-41-15-17-43-19-21-45-23-25-47-27-29-49-31-32-50-30-28-48-26-24-46-22-20-44-18-16-42-14-12-39-10-7-33(8-11-39)34(40)38-36(4,5)6/h33,37H,7-32H2,1-6H3,(H,38,40). The maximum absolute atomic E-state index is 12.3. The molecule has 50 heavy (non-hydrogen) atoms. The lowest BCUT2D eigenvalue weighted by molar-refractivity contribution is -0.127. The zero-order valence-electron chi connectivity index (χ0n) is 32.4. The zero-order valence-corrected chi connectivity index (χ0v) is 32.4. The molecule has 0 unspecified atom stereocenters. The minimum Gasteiger partial charge on any atom is -0.378 e. The molecule has 0 aromatic heterocycles. The Morgan fingerprint density at radius 3 is 1.08 bits per heavy atom. The highest BCUT2D eigenvalue weighted by Gasteiger charge is 2.27. The highest BCUT2D eigenvalue weighted by Crippen LogP contribution is 2.18. The molecule has 1 rings (SSSR count). The molecule has 0 bridgehead atoms. The van der Waals surface area contributed by atoms with Crippen LogP contribution in [0.3, 0.4) is 0 Å². The van der Waals surface area contributed by atoms with E-state index >= 15 is 0 Å². The van der Waals surface area contributed by atoms with Crippen LogP contribution in [0, 0.1) is 5.92 Å². The van der Waals surface area contributed by atoms with E-state index in [0.717, 1.165) is 39.0 Å². The van der Waals surface area contributed by atoms with E-state index in [9.17, 15) is 4.79 Å². The Bertz CT molecular complexity index is 761. The Morgan fingerprint density at radius 2 is 0.780 bits per heavy atom. The Hall–Kier alpha value is -1.01. The molecule has 1 saturated heterocycles. The zero-order chi connectivity index (χ0) is 36.6. The first-order valence-electron chi connectivity index (χ1n) is 18.6. The summed E-state index contributed by atoms with van der Waals surface area (Å²) in [5.74, 6) is 0.299. The van der Waals surface area contributed by atoms with E-state index < -0.39 is 0 Å². The highest BCUT2D eigenvalue weighted by molar-refractivity contribution is 5.79. The number of nitrogens with one attached hydrogen (secondary N) is 2. The number of hydrogen-bond acceptors (Lipinski definition) is 13. The average Bonchev–Trinajstić information content (AvgIpc) is 3.06. The Morgan fingerprint density at radius 1 is 0.480 bits per heavy atom. The summed E-state index contributed by atoms with van der Waals surface area (Å²) in [5.41, 5.74) is -0.0592. The van der Waals surface area contributed by atoms with Crippen molar-refractivity contribution in [2.24, 2.45) is 5.92 Å². The largest absolute Gasteiger partial charge is 0.378 e. The van der Waals surface area contributed by atoms with Gasteiger partial charge in [0.1, 0.15) is 0 Å². The predicted molar refractivity (Wildman–Crippen MR) is 193 cm³/mol. The second kappa shape index (κ2) is 31.5. The lowest BCUT2D eigenvalue weighted by Crippen LogP contribution is -2.47. The maximum atomic E-state index is 12.3. The molecule has 0 aromatic rings. The molecule has 1 amide bonds. The van der Waals surface area contributed by atoms with Crippen LogP contribution in [0.15, 0.2) is 0 Å². The van der Waals surface area contributed by atoms with Crippen LogP contribution in [-0.4, -0.2) is 180 Å². The number of piperidine rings is 1. The van der Waals surface area contributed by atoms with Gasteiger partial charge >= 0.3 is 0 Å². The second-order valence-corrected chi connectivity index (χ2v) is 14.2. The fraction of sp³-hybridized carbons (Fsp3) is 0.972. The highest BCUT2D eigenvalue weighted by atomic mass is 16.6. The van der Waals surface area contributed by atoms with E-state index in [4.69, 9.17) is 47.4 Å². The first kappa shape index (κ1) is 47.0. The lowest BCUT2D eigenvalue weighted by atomic mass is 9.94. The summed E-state index contributed by atoms with van der Waals surface area (Å²) in [6.45, 7) is 27.0. The minimum absolute atomic E-state index is 0.115. The number of rotatable bonds is 34. The van der Waals surface area contributed by atoms with Crippen molar-refractivity contribution in [3.63, 3.8) is 0 Å². The first-order valence-corrected chi connectivity index (χ1v) is 18.6. The van der Waals surface area contributed by atoms with E-state index in [1.165, 1.54) is 0 Å². The molecule has 0 spiro atoms. The third-order valence-electron chi connectivity index (χ3n) is 7.26. The number of nitrogens with zero attached hydrogens (tertiary/aromatic N) is 1. The van der Waals surface area contributed by atoms with E-state index in [2.05, 4.69) is 36.3 Å². The summed E-state index contributed by atoms with van der Waals surface area (Å²) in [7, 11) is 0. The average molecular weight is 724 g/mol. The molecular formula is C36H73N3O11. The van der Waals surface area contributed by atoms with Crippen molar-refractivity contribution < 1.29 is 52.2 Å². The van der Waals surface area contributed by atoms with Crippen molar-refractivity contribution in [1.29, 1.82) is 0 Å². The van der Waals surface area contributed by atoms with Crippen molar-refractivity contribution in [1.82, 2.24) is 15.5 Å². The van der Waals surface area contributed by atoms with Crippen LogP contribution in [0.2, 0.25) is 0 Å². The van der Waals surface area contributed by atoms with Crippen LogP contribution in [0.1, 0.15) is 54.4 Å². The summed E-state index contributed by atoms with van der Waals surface area (Å²) in [5, 5.41) is 6.47. The third kappa shape index (κ3) is 32.9. The normalized spacial score (nSPS) is 14.8. The number of carbonyl (C=O) groups is 1. The van der Waals surface area contributed by atoms with E-state index in [1.54, 1.807) is 0 Å². The predicted octanol–water partition coefficient (Wildman–Crippen LogP) is 2.17. The van der Waals surface area contributed by atoms with Gasteiger partial charge in [0.15, 0.2) is 0 Å². The number of likely N-dealkylation sites (tertiary alicyclic amines) is 1. The van der Waals surface area contributed by atoms with Gasteiger partial charge in [-0.05, 0) is 67.5 Å². The molecule has 1 heterocycles. The molecule has 0 aliphatic carbocycles. The van der Waals surface area contributed by atoms with Gasteiger partial charge < -0.3 is 62.9 Å². The fourth-order valence-electron chi connectivity index (χ4n) is 4.66. The van der Waals surface area contributed by atoms with E-state index in [1.807, 2.05) is 20.8 Å². The summed E-state index contributed by atoms with van der Waals surface area (Å²) >= 11 is 0. The monoisotopic (exact) mass is 724 g/mol. The molecule has 2 N–H and O–H groups in total. The van der Waals surface area contributed by atoms with Gasteiger partial charge in [0.2, 0.25) is 5.91 Å². The molecule has 0 radical (unpaired) electrons. The molecule has 298 valence electrons. The maximum Gasteiger partial charge on any atom is 0.223 e. The summed E-state index contributed by atoms with van der Waals surface area (Å²) in [4.78, 5) is 14.7. The van der Waals surface area contributed by atoms with Gasteiger partial charge in [-0.3, -0.25) is 4.79 Å². The number of carbonyl (C=O) groups excluding carboxylic acids is 1. The molecule has 1 aliphatic rings. The van der Waals surface area contributed by atoms with Crippen LogP contribution < -0.4 is 10.6 Å². The molecule has 0 atom stereocenters. The van der Waals surface area contributed by atoms with Crippen LogP contribution in [0.5, 0.6) is 0 Å². The number of hydrogen-bond donors (Lipinski definition) is 2.